The minimum atomic E-state index is -0.551. The zero-order chi connectivity index (χ0) is 24.8. The van der Waals surface area contributed by atoms with Gasteiger partial charge in [0.05, 0.1) is 0 Å². The molecule has 0 bridgehead atoms. The van der Waals surface area contributed by atoms with Crippen LogP contribution < -0.4 is 14.2 Å². The van der Waals surface area contributed by atoms with Crippen LogP contribution in [0.15, 0.2) is 66.7 Å². The van der Waals surface area contributed by atoms with E-state index in [0.717, 1.165) is 52.3 Å². The number of fused-ring (bicyclic) bond motifs is 1. The molecule has 0 aliphatic carbocycles. The number of ether oxygens (including phenoxy) is 3. The lowest BCUT2D eigenvalue weighted by molar-refractivity contribution is 0.0779. The van der Waals surface area contributed by atoms with Gasteiger partial charge in [-0.15, -0.1) is 0 Å². The molecule has 0 saturated heterocycles. The number of benzene rings is 3. The number of allylic oxidation sites excluding steroid dienone is 1. The second-order valence-corrected chi connectivity index (χ2v) is 8.67. The summed E-state index contributed by atoms with van der Waals surface area (Å²) in [6.45, 7) is 6.10. The number of phenols is 1. The van der Waals surface area contributed by atoms with E-state index in [2.05, 4.69) is 19.9 Å². The van der Waals surface area contributed by atoms with Crippen molar-refractivity contribution in [3.63, 3.8) is 0 Å². The van der Waals surface area contributed by atoms with Crippen LogP contribution >= 0.6 is 0 Å². The highest BCUT2D eigenvalue weighted by molar-refractivity contribution is 5.99. The van der Waals surface area contributed by atoms with Crippen LogP contribution in [-0.2, 0) is 0 Å². The van der Waals surface area contributed by atoms with Crippen LogP contribution in [0.25, 0.3) is 11.1 Å². The molecule has 0 saturated carbocycles. The molecule has 0 fully saturated rings. The average molecular weight is 476 g/mol. The number of aliphatic hydroxyl groups is 1. The lowest BCUT2D eigenvalue weighted by Crippen LogP contribution is -2.32. The number of hydrogen-bond acceptors (Lipinski definition) is 6. The molecule has 6 heteroatoms. The Morgan fingerprint density at radius 2 is 1.54 bits per heavy atom. The van der Waals surface area contributed by atoms with Crippen LogP contribution in [0.2, 0.25) is 0 Å². The zero-order valence-electron chi connectivity index (χ0n) is 20.5. The number of hydrogen-bond donors (Lipinski definition) is 2. The summed E-state index contributed by atoms with van der Waals surface area (Å²) in [5.74, 6) is 2.43. The van der Waals surface area contributed by atoms with Crippen LogP contribution in [0.4, 0.5) is 0 Å². The third-order valence-corrected chi connectivity index (χ3v) is 6.18. The fourth-order valence-electron chi connectivity index (χ4n) is 4.20. The van der Waals surface area contributed by atoms with Gasteiger partial charge in [0.2, 0.25) is 6.79 Å². The molecule has 1 aliphatic heterocycles. The number of phenolic OH excluding ortho intramolecular Hbond substituents is 1. The highest BCUT2D eigenvalue weighted by atomic mass is 16.7. The summed E-state index contributed by atoms with van der Waals surface area (Å²) in [7, 11) is 1.97. The van der Waals surface area contributed by atoms with E-state index < -0.39 is 6.10 Å². The zero-order valence-corrected chi connectivity index (χ0v) is 20.5. The van der Waals surface area contributed by atoms with Crippen LogP contribution in [0.3, 0.4) is 0 Å². The van der Waals surface area contributed by atoms with Gasteiger partial charge in [-0.25, -0.2) is 0 Å². The highest BCUT2D eigenvalue weighted by Crippen LogP contribution is 2.40. The minimum absolute atomic E-state index is 0.227. The topological polar surface area (TPSA) is 71.4 Å². The van der Waals surface area contributed by atoms with E-state index in [1.54, 1.807) is 12.1 Å². The van der Waals surface area contributed by atoms with Crippen molar-refractivity contribution in [1.82, 2.24) is 4.90 Å². The molecular formula is C29H33NO5. The first-order valence-corrected chi connectivity index (χ1v) is 12.0. The molecule has 0 radical (unpaired) electrons. The maximum atomic E-state index is 10.2. The second kappa shape index (κ2) is 11.3. The van der Waals surface area contributed by atoms with Gasteiger partial charge in [0.25, 0.3) is 0 Å². The number of aromatic hydroxyl groups is 1. The summed E-state index contributed by atoms with van der Waals surface area (Å²) >= 11 is 0. The molecule has 1 atom stereocenters. The Hall–Kier alpha value is -3.48. The first-order chi connectivity index (χ1) is 17.0. The normalized spacial score (nSPS) is 14.1. The predicted molar refractivity (Wildman–Crippen MR) is 138 cm³/mol. The van der Waals surface area contributed by atoms with Gasteiger partial charge in [-0.3, -0.25) is 0 Å². The summed E-state index contributed by atoms with van der Waals surface area (Å²) in [5, 5.41) is 20.1. The number of aliphatic hydroxyl groups excluding tert-OH is 1. The van der Waals surface area contributed by atoms with E-state index >= 15 is 0 Å². The predicted octanol–water partition coefficient (Wildman–Crippen LogP) is 5.18. The Morgan fingerprint density at radius 3 is 2.20 bits per heavy atom. The smallest absolute Gasteiger partial charge is 0.231 e. The van der Waals surface area contributed by atoms with Crippen molar-refractivity contribution in [2.45, 2.75) is 26.4 Å². The van der Waals surface area contributed by atoms with Gasteiger partial charge in [0, 0.05) is 6.54 Å². The molecule has 3 aromatic carbocycles. The molecule has 1 heterocycles. The Labute approximate surface area is 207 Å². The van der Waals surface area contributed by atoms with E-state index in [-0.39, 0.29) is 19.1 Å². The SMILES string of the molecule is CCC(=C(c1ccc(O)cc1)c1ccc(OCC(O)CN(C)CC)cc1)c1ccc2c(c1)OCO2. The van der Waals surface area contributed by atoms with Crippen molar-refractivity contribution in [2.75, 3.05) is 33.5 Å². The maximum Gasteiger partial charge on any atom is 0.231 e. The van der Waals surface area contributed by atoms with Crippen molar-refractivity contribution in [3.05, 3.63) is 83.4 Å². The molecule has 184 valence electrons. The fraction of sp³-hybridized carbons (Fsp3) is 0.310. The van der Waals surface area contributed by atoms with Gasteiger partial charge in [-0.2, -0.15) is 0 Å². The molecule has 1 unspecified atom stereocenters. The van der Waals surface area contributed by atoms with Gasteiger partial charge >= 0.3 is 0 Å². The third-order valence-electron chi connectivity index (χ3n) is 6.18. The van der Waals surface area contributed by atoms with Crippen molar-refractivity contribution in [3.8, 4) is 23.0 Å². The van der Waals surface area contributed by atoms with Gasteiger partial charge in [-0.05, 0) is 84.2 Å². The van der Waals surface area contributed by atoms with Gasteiger partial charge in [0.15, 0.2) is 11.5 Å². The van der Waals surface area contributed by atoms with E-state index in [0.29, 0.717) is 12.3 Å². The van der Waals surface area contributed by atoms with E-state index in [1.165, 1.54) is 0 Å². The largest absolute Gasteiger partial charge is 0.508 e. The van der Waals surface area contributed by atoms with Gasteiger partial charge < -0.3 is 29.3 Å². The van der Waals surface area contributed by atoms with Crippen molar-refractivity contribution >= 4 is 11.1 Å². The molecule has 6 nitrogen and oxygen atoms in total. The minimum Gasteiger partial charge on any atom is -0.508 e. The van der Waals surface area contributed by atoms with Crippen LogP contribution in [0.1, 0.15) is 37.0 Å². The van der Waals surface area contributed by atoms with E-state index in [1.807, 2.05) is 60.5 Å². The van der Waals surface area contributed by atoms with E-state index in [4.69, 9.17) is 14.2 Å². The van der Waals surface area contributed by atoms with Crippen LogP contribution in [0.5, 0.6) is 23.0 Å². The standard InChI is InChI=1S/C29H33NO5/c1-4-26(22-10-15-27-28(16-22)35-19-34-27)29(20-6-11-23(31)12-7-20)21-8-13-25(14-9-21)33-18-24(32)17-30(3)5-2/h6-16,24,31-32H,4-5,17-19H2,1-3H3. The molecule has 4 rings (SSSR count). The van der Waals surface area contributed by atoms with Crippen LogP contribution in [0, 0.1) is 0 Å². The summed E-state index contributed by atoms with van der Waals surface area (Å²) in [6, 6.07) is 21.2. The highest BCUT2D eigenvalue weighted by Gasteiger charge is 2.18. The second-order valence-electron chi connectivity index (χ2n) is 8.67. The summed E-state index contributed by atoms with van der Waals surface area (Å²) in [6.07, 6.45) is 0.246. The molecule has 0 spiro atoms. The van der Waals surface area contributed by atoms with Crippen molar-refractivity contribution < 1.29 is 24.4 Å². The summed E-state index contributed by atoms with van der Waals surface area (Å²) in [5.41, 5.74) is 5.32. The average Bonchev–Trinajstić information content (AvgIpc) is 3.35. The summed E-state index contributed by atoms with van der Waals surface area (Å²) in [4.78, 5) is 2.05. The Kier molecular flexibility index (Phi) is 7.95. The number of likely N-dealkylation sites (N-methyl/N-ethyl adjacent to an activating group) is 1. The molecule has 35 heavy (non-hydrogen) atoms. The first kappa shape index (κ1) is 24.6. The lowest BCUT2D eigenvalue weighted by Gasteiger charge is -2.19. The molecule has 0 aromatic heterocycles. The molecule has 3 aromatic rings. The number of rotatable bonds is 10. The maximum absolute atomic E-state index is 10.2. The lowest BCUT2D eigenvalue weighted by atomic mass is 9.88. The van der Waals surface area contributed by atoms with Crippen molar-refractivity contribution in [2.24, 2.45) is 0 Å². The summed E-state index contributed by atoms with van der Waals surface area (Å²) < 4.78 is 16.9. The van der Waals surface area contributed by atoms with Crippen LogP contribution in [-0.4, -0.2) is 54.8 Å². The quantitative estimate of drug-likeness (QED) is 0.394. The fourth-order valence-corrected chi connectivity index (χ4v) is 4.20. The first-order valence-electron chi connectivity index (χ1n) is 12.0. The Balaban J connectivity index is 1.66. The Bertz CT molecular complexity index is 1150. The third kappa shape index (κ3) is 5.96. The van der Waals surface area contributed by atoms with Crippen molar-refractivity contribution in [1.29, 1.82) is 0 Å². The molecule has 1 aliphatic rings. The molecule has 2 N–H and O–H groups in total. The molecule has 0 amide bonds. The molecular weight excluding hydrogens is 442 g/mol. The van der Waals surface area contributed by atoms with Gasteiger partial charge in [-0.1, -0.05) is 44.2 Å². The van der Waals surface area contributed by atoms with Gasteiger partial charge in [0.1, 0.15) is 24.2 Å². The van der Waals surface area contributed by atoms with E-state index in [9.17, 15) is 10.2 Å². The Morgan fingerprint density at radius 1 is 0.914 bits per heavy atom. The monoisotopic (exact) mass is 475 g/mol. The number of nitrogens with zero attached hydrogens (tertiary/aromatic N) is 1.